The fourth-order valence-corrected chi connectivity index (χ4v) is 0.365. The van der Waals surface area contributed by atoms with Crippen molar-refractivity contribution in [3.8, 4) is 0 Å². The first kappa shape index (κ1) is 12.2. The van der Waals surface area contributed by atoms with Crippen LogP contribution in [0, 0.1) is 0 Å². The zero-order chi connectivity index (χ0) is 6.78. The molecule has 0 aliphatic heterocycles. The van der Waals surface area contributed by atoms with Gasteiger partial charge in [-0.05, 0) is 6.92 Å². The summed E-state index contributed by atoms with van der Waals surface area (Å²) in [7, 11) is -3.88. The van der Waals surface area contributed by atoms with Crippen molar-refractivity contribution >= 4 is 29.0 Å². The van der Waals surface area contributed by atoms with E-state index in [9.17, 15) is 8.42 Å². The second-order valence-corrected chi connectivity index (χ2v) is 3.40. The Kier molecular flexibility index (Phi) is 5.83. The maximum absolute atomic E-state index is 10.0. The fraction of sp³-hybridized carbons (Fsp3) is 1.00. The minimum atomic E-state index is -3.88. The molecule has 52 valence electrons. The van der Waals surface area contributed by atoms with Gasteiger partial charge in [-0.25, -0.2) is 0 Å². The number of nitrogens with two attached hydrogens (primary N) is 1. The molecule has 0 radical (unpaired) electrons. The van der Waals surface area contributed by atoms with Crippen LogP contribution in [-0.4, -0.2) is 43.6 Å². The van der Waals surface area contributed by atoms with Crippen molar-refractivity contribution in [2.75, 3.05) is 6.54 Å². The third-order valence-electron chi connectivity index (χ3n) is 0.840. The van der Waals surface area contributed by atoms with Gasteiger partial charge in [0.05, 0.1) is 5.25 Å². The van der Waals surface area contributed by atoms with E-state index >= 15 is 0 Å². The van der Waals surface area contributed by atoms with Crippen LogP contribution in [0.15, 0.2) is 0 Å². The summed E-state index contributed by atoms with van der Waals surface area (Å²) in [5.74, 6) is 0. The summed E-state index contributed by atoms with van der Waals surface area (Å²) in [5, 5.41) is -0.845. The molecular formula is C3H10LiNO3S. The Labute approximate surface area is 66.7 Å². The van der Waals surface area contributed by atoms with Crippen LogP contribution in [-0.2, 0) is 10.1 Å². The standard InChI is InChI=1S/C3H9NO3S.Li.H/c1-3(2-4)8(5,6)7;;/h3H,2,4H2,1H3,(H,5,6,7);;. The van der Waals surface area contributed by atoms with Crippen LogP contribution < -0.4 is 5.73 Å². The average Bonchev–Trinajstić information content (AvgIpc) is 1.62. The van der Waals surface area contributed by atoms with Crippen LogP contribution in [0.5, 0.6) is 0 Å². The van der Waals surface area contributed by atoms with Crippen molar-refractivity contribution in [2.45, 2.75) is 12.2 Å². The first-order chi connectivity index (χ1) is 3.48. The van der Waals surface area contributed by atoms with Crippen molar-refractivity contribution in [3.63, 3.8) is 0 Å². The Bertz CT molecular complexity index is 154. The summed E-state index contributed by atoms with van der Waals surface area (Å²) in [4.78, 5) is 0. The van der Waals surface area contributed by atoms with Gasteiger partial charge in [0, 0.05) is 6.54 Å². The molecule has 3 N–H and O–H groups in total. The van der Waals surface area contributed by atoms with E-state index in [1.807, 2.05) is 0 Å². The molecule has 0 heterocycles. The van der Waals surface area contributed by atoms with Gasteiger partial charge < -0.3 is 5.73 Å². The molecule has 6 heteroatoms. The van der Waals surface area contributed by atoms with E-state index in [1.54, 1.807) is 0 Å². The van der Waals surface area contributed by atoms with Crippen LogP contribution in [0.1, 0.15) is 6.92 Å². The van der Waals surface area contributed by atoms with Crippen LogP contribution in [0.4, 0.5) is 0 Å². The molecule has 0 fully saturated rings. The maximum atomic E-state index is 10.0. The fourth-order valence-electron chi connectivity index (χ4n) is 0.122. The molecule has 0 rings (SSSR count). The Morgan fingerprint density at radius 1 is 1.67 bits per heavy atom. The van der Waals surface area contributed by atoms with E-state index < -0.39 is 15.4 Å². The zero-order valence-corrected chi connectivity index (χ0v) is 5.35. The van der Waals surface area contributed by atoms with Gasteiger partial charge in [0.25, 0.3) is 10.1 Å². The summed E-state index contributed by atoms with van der Waals surface area (Å²) in [6, 6.07) is 0. The van der Waals surface area contributed by atoms with Gasteiger partial charge in [-0.1, -0.05) is 0 Å². The molecule has 0 aliphatic carbocycles. The SMILES string of the molecule is CC(CN)S(=O)(=O)O.[LiH]. The summed E-state index contributed by atoms with van der Waals surface area (Å²) in [5.41, 5.74) is 4.92. The van der Waals surface area contributed by atoms with Gasteiger partial charge in [-0.15, -0.1) is 0 Å². The molecule has 0 spiro atoms. The Morgan fingerprint density at radius 3 is 2.00 bits per heavy atom. The van der Waals surface area contributed by atoms with Crippen molar-refractivity contribution in [3.05, 3.63) is 0 Å². The Balaban J connectivity index is 0. The quantitative estimate of drug-likeness (QED) is 0.371. The number of rotatable bonds is 2. The summed E-state index contributed by atoms with van der Waals surface area (Å²) in [6.45, 7) is 1.30. The van der Waals surface area contributed by atoms with Crippen molar-refractivity contribution in [1.82, 2.24) is 0 Å². The summed E-state index contributed by atoms with van der Waals surface area (Å²) >= 11 is 0. The minimum absolute atomic E-state index is 0. The molecule has 0 aromatic carbocycles. The Morgan fingerprint density at radius 2 is 2.00 bits per heavy atom. The van der Waals surface area contributed by atoms with Gasteiger partial charge in [0.15, 0.2) is 0 Å². The van der Waals surface area contributed by atoms with E-state index in [2.05, 4.69) is 0 Å². The molecule has 0 aliphatic rings. The van der Waals surface area contributed by atoms with Gasteiger partial charge in [-0.2, -0.15) is 8.42 Å². The summed E-state index contributed by atoms with van der Waals surface area (Å²) < 4.78 is 28.3. The molecule has 9 heavy (non-hydrogen) atoms. The van der Waals surface area contributed by atoms with E-state index in [1.165, 1.54) is 6.92 Å². The topological polar surface area (TPSA) is 80.4 Å². The van der Waals surface area contributed by atoms with E-state index in [0.717, 1.165) is 0 Å². The van der Waals surface area contributed by atoms with Crippen molar-refractivity contribution in [2.24, 2.45) is 5.73 Å². The predicted octanol–water partition coefficient (Wildman–Crippen LogP) is -1.43. The second-order valence-electron chi connectivity index (χ2n) is 1.56. The molecule has 4 nitrogen and oxygen atoms in total. The van der Waals surface area contributed by atoms with Crippen LogP contribution in [0.3, 0.4) is 0 Å². The van der Waals surface area contributed by atoms with Gasteiger partial charge in [0.2, 0.25) is 0 Å². The van der Waals surface area contributed by atoms with Gasteiger partial charge in [-0.3, -0.25) is 4.55 Å². The molecule has 0 aromatic heterocycles. The van der Waals surface area contributed by atoms with Crippen molar-refractivity contribution < 1.29 is 13.0 Å². The Hall–Kier alpha value is 0.467. The summed E-state index contributed by atoms with van der Waals surface area (Å²) in [6.07, 6.45) is 0. The molecule has 1 atom stereocenters. The second kappa shape index (κ2) is 4.31. The molecule has 0 saturated carbocycles. The van der Waals surface area contributed by atoms with Gasteiger partial charge >= 0.3 is 18.9 Å². The van der Waals surface area contributed by atoms with Crippen LogP contribution in [0.2, 0.25) is 0 Å². The van der Waals surface area contributed by atoms with Gasteiger partial charge in [0.1, 0.15) is 0 Å². The first-order valence-electron chi connectivity index (χ1n) is 2.15. The van der Waals surface area contributed by atoms with E-state index in [-0.39, 0.29) is 25.4 Å². The molecule has 0 aromatic rings. The zero-order valence-electron chi connectivity index (χ0n) is 4.53. The predicted molar refractivity (Wildman–Crippen MR) is 37.2 cm³/mol. The molecule has 0 amide bonds. The molecular weight excluding hydrogens is 137 g/mol. The third kappa shape index (κ3) is 4.94. The molecule has 1 unspecified atom stereocenters. The van der Waals surface area contributed by atoms with E-state index in [4.69, 9.17) is 10.3 Å². The first-order valence-corrected chi connectivity index (χ1v) is 3.65. The number of hydrogen-bond acceptors (Lipinski definition) is 3. The van der Waals surface area contributed by atoms with Crippen molar-refractivity contribution in [1.29, 1.82) is 0 Å². The normalized spacial score (nSPS) is 14.1. The third-order valence-corrected chi connectivity index (χ3v) is 2.05. The van der Waals surface area contributed by atoms with Crippen LogP contribution >= 0.6 is 0 Å². The number of hydrogen-bond donors (Lipinski definition) is 2. The van der Waals surface area contributed by atoms with E-state index in [0.29, 0.717) is 0 Å². The molecule has 0 bridgehead atoms. The van der Waals surface area contributed by atoms with Crippen LogP contribution in [0.25, 0.3) is 0 Å². The molecule has 0 saturated heterocycles. The average molecular weight is 147 g/mol. The monoisotopic (exact) mass is 147 g/mol.